The van der Waals surface area contributed by atoms with Gasteiger partial charge >= 0.3 is 0 Å². The zero-order chi connectivity index (χ0) is 14.1. The van der Waals surface area contributed by atoms with Crippen molar-refractivity contribution < 1.29 is 9.53 Å². The topological polar surface area (TPSA) is 26.3 Å². The molecule has 0 aromatic heterocycles. The first-order valence-electron chi connectivity index (χ1n) is 6.59. The van der Waals surface area contributed by atoms with Crippen LogP contribution in [-0.4, -0.2) is 12.9 Å². The molecule has 0 saturated carbocycles. The van der Waals surface area contributed by atoms with E-state index in [4.69, 9.17) is 4.74 Å². The van der Waals surface area contributed by atoms with Gasteiger partial charge in [0.05, 0.1) is 0 Å². The summed E-state index contributed by atoms with van der Waals surface area (Å²) < 4.78 is 5.60. The van der Waals surface area contributed by atoms with Gasteiger partial charge in [-0.1, -0.05) is 17.2 Å². The summed E-state index contributed by atoms with van der Waals surface area (Å²) in [6, 6.07) is 7.15. The van der Waals surface area contributed by atoms with Crippen LogP contribution in [0.3, 0.4) is 0 Å². The molecule has 1 rings (SSSR count). The molecule has 0 aliphatic carbocycles. The first-order valence-corrected chi connectivity index (χ1v) is 6.59. The number of hydrogen-bond acceptors (Lipinski definition) is 2. The van der Waals surface area contributed by atoms with Crippen LogP contribution in [0.1, 0.15) is 44.0 Å². The molecular formula is C17H22O2. The third kappa shape index (κ3) is 6.61. The molecule has 0 amide bonds. The Bertz CT molecular complexity index is 449. The second-order valence-corrected chi connectivity index (χ2v) is 4.87. The summed E-state index contributed by atoms with van der Waals surface area (Å²) in [5.74, 6) is 0.791. The van der Waals surface area contributed by atoms with Crippen molar-refractivity contribution in [1.82, 2.24) is 0 Å². The van der Waals surface area contributed by atoms with E-state index < -0.39 is 0 Å². The summed E-state index contributed by atoms with van der Waals surface area (Å²) in [6.45, 7) is 6.93. The summed E-state index contributed by atoms with van der Waals surface area (Å²) in [6.07, 6.45) is 7.33. The highest BCUT2D eigenvalue weighted by Crippen LogP contribution is 2.12. The van der Waals surface area contributed by atoms with Gasteiger partial charge in [-0.25, -0.2) is 0 Å². The standard InChI is InChI=1S/C17H22O2/c1-14(2)5-4-6-15(3)11-12-19-17-9-7-16(13-18)8-10-17/h5,7-11,13H,4,6,12H2,1-3H3. The van der Waals surface area contributed by atoms with Crippen LogP contribution in [0.5, 0.6) is 5.75 Å². The number of rotatable bonds is 7. The molecule has 0 heterocycles. The fourth-order valence-electron chi connectivity index (χ4n) is 1.61. The lowest BCUT2D eigenvalue weighted by Crippen LogP contribution is -1.95. The first kappa shape index (κ1) is 15.2. The van der Waals surface area contributed by atoms with Gasteiger partial charge in [0, 0.05) is 5.56 Å². The average Bonchev–Trinajstić information content (AvgIpc) is 2.39. The maximum Gasteiger partial charge on any atom is 0.150 e. The number of benzene rings is 1. The quantitative estimate of drug-likeness (QED) is 0.529. The van der Waals surface area contributed by atoms with E-state index in [-0.39, 0.29) is 0 Å². The van der Waals surface area contributed by atoms with Crippen molar-refractivity contribution in [1.29, 1.82) is 0 Å². The summed E-state index contributed by atoms with van der Waals surface area (Å²) in [7, 11) is 0. The number of ether oxygens (including phenoxy) is 1. The highest BCUT2D eigenvalue weighted by Gasteiger charge is 1.94. The van der Waals surface area contributed by atoms with Crippen LogP contribution in [-0.2, 0) is 0 Å². The summed E-state index contributed by atoms with van der Waals surface area (Å²) >= 11 is 0. The first-order chi connectivity index (χ1) is 9.11. The summed E-state index contributed by atoms with van der Waals surface area (Å²) in [4.78, 5) is 10.5. The summed E-state index contributed by atoms with van der Waals surface area (Å²) in [5, 5.41) is 0. The predicted octanol–water partition coefficient (Wildman–Crippen LogP) is 4.57. The highest BCUT2D eigenvalue weighted by molar-refractivity contribution is 5.74. The molecule has 0 saturated heterocycles. The molecule has 1 aromatic rings. The van der Waals surface area contributed by atoms with E-state index in [0.29, 0.717) is 12.2 Å². The van der Waals surface area contributed by atoms with Crippen LogP contribution in [0.4, 0.5) is 0 Å². The van der Waals surface area contributed by atoms with Crippen molar-refractivity contribution in [2.24, 2.45) is 0 Å². The van der Waals surface area contributed by atoms with Crippen LogP contribution < -0.4 is 4.74 Å². The molecule has 0 radical (unpaired) electrons. The van der Waals surface area contributed by atoms with E-state index in [1.165, 1.54) is 11.1 Å². The Kier molecular flexibility index (Phi) is 6.65. The SMILES string of the molecule is CC(C)=CCCC(C)=CCOc1ccc(C=O)cc1. The van der Waals surface area contributed by atoms with Crippen molar-refractivity contribution in [3.8, 4) is 5.75 Å². The smallest absolute Gasteiger partial charge is 0.150 e. The second kappa shape index (κ2) is 8.30. The molecule has 102 valence electrons. The molecule has 19 heavy (non-hydrogen) atoms. The molecule has 0 bridgehead atoms. The van der Waals surface area contributed by atoms with E-state index in [1.54, 1.807) is 12.1 Å². The third-order valence-corrected chi connectivity index (χ3v) is 2.79. The van der Waals surface area contributed by atoms with Crippen molar-refractivity contribution in [2.75, 3.05) is 6.61 Å². The fraction of sp³-hybridized carbons (Fsp3) is 0.353. The fourth-order valence-corrected chi connectivity index (χ4v) is 1.61. The van der Waals surface area contributed by atoms with Gasteiger partial charge in [-0.05, 0) is 64.0 Å². The minimum Gasteiger partial charge on any atom is -0.490 e. The predicted molar refractivity (Wildman–Crippen MR) is 79.7 cm³/mol. The summed E-state index contributed by atoms with van der Waals surface area (Å²) in [5.41, 5.74) is 3.36. The Labute approximate surface area is 115 Å². The van der Waals surface area contributed by atoms with Gasteiger partial charge in [0.25, 0.3) is 0 Å². The van der Waals surface area contributed by atoms with Crippen LogP contribution >= 0.6 is 0 Å². The molecule has 0 unspecified atom stereocenters. The highest BCUT2D eigenvalue weighted by atomic mass is 16.5. The molecule has 0 spiro atoms. The number of carbonyl (C=O) groups excluding carboxylic acids is 1. The third-order valence-electron chi connectivity index (χ3n) is 2.79. The lowest BCUT2D eigenvalue weighted by atomic mass is 10.1. The van der Waals surface area contributed by atoms with E-state index >= 15 is 0 Å². The van der Waals surface area contributed by atoms with Crippen molar-refractivity contribution >= 4 is 6.29 Å². The number of carbonyl (C=O) groups is 1. The van der Waals surface area contributed by atoms with Crippen molar-refractivity contribution in [3.05, 3.63) is 53.1 Å². The number of aldehydes is 1. The Balaban J connectivity index is 2.35. The maximum absolute atomic E-state index is 10.5. The lowest BCUT2D eigenvalue weighted by molar-refractivity contribution is 0.112. The van der Waals surface area contributed by atoms with Crippen molar-refractivity contribution in [2.45, 2.75) is 33.6 Å². The monoisotopic (exact) mass is 258 g/mol. The zero-order valence-electron chi connectivity index (χ0n) is 12.0. The molecule has 0 N–H and O–H groups in total. The zero-order valence-corrected chi connectivity index (χ0v) is 12.0. The van der Waals surface area contributed by atoms with E-state index in [9.17, 15) is 4.79 Å². The minimum atomic E-state index is 0.571. The van der Waals surface area contributed by atoms with E-state index in [2.05, 4.69) is 32.9 Å². The van der Waals surface area contributed by atoms with Gasteiger partial charge in [0.1, 0.15) is 18.6 Å². The van der Waals surface area contributed by atoms with Gasteiger partial charge in [0.15, 0.2) is 0 Å². The molecular weight excluding hydrogens is 236 g/mol. The minimum absolute atomic E-state index is 0.571. The molecule has 0 atom stereocenters. The Morgan fingerprint density at radius 3 is 2.37 bits per heavy atom. The maximum atomic E-state index is 10.5. The molecule has 1 aromatic carbocycles. The second-order valence-electron chi connectivity index (χ2n) is 4.87. The molecule has 2 heteroatoms. The molecule has 0 aliphatic heterocycles. The van der Waals surface area contributed by atoms with Gasteiger partial charge in [-0.3, -0.25) is 4.79 Å². The molecule has 0 fully saturated rings. The molecule has 0 aliphatic rings. The van der Waals surface area contributed by atoms with Gasteiger partial charge in [-0.2, -0.15) is 0 Å². The Morgan fingerprint density at radius 2 is 1.79 bits per heavy atom. The van der Waals surface area contributed by atoms with Gasteiger partial charge < -0.3 is 4.74 Å². The van der Waals surface area contributed by atoms with Gasteiger partial charge in [0.2, 0.25) is 0 Å². The van der Waals surface area contributed by atoms with Crippen LogP contribution in [0.15, 0.2) is 47.6 Å². The number of hydrogen-bond donors (Lipinski definition) is 0. The largest absolute Gasteiger partial charge is 0.490 e. The van der Waals surface area contributed by atoms with E-state index in [0.717, 1.165) is 24.9 Å². The normalized spacial score (nSPS) is 11.0. The van der Waals surface area contributed by atoms with Crippen LogP contribution in [0, 0.1) is 0 Å². The van der Waals surface area contributed by atoms with Gasteiger partial charge in [-0.15, -0.1) is 0 Å². The van der Waals surface area contributed by atoms with Crippen LogP contribution in [0.2, 0.25) is 0 Å². The van der Waals surface area contributed by atoms with Crippen molar-refractivity contribution in [3.63, 3.8) is 0 Å². The number of allylic oxidation sites excluding steroid dienone is 3. The molecule has 2 nitrogen and oxygen atoms in total. The lowest BCUT2D eigenvalue weighted by Gasteiger charge is -2.04. The Morgan fingerprint density at radius 1 is 1.11 bits per heavy atom. The average molecular weight is 258 g/mol. The van der Waals surface area contributed by atoms with Crippen LogP contribution in [0.25, 0.3) is 0 Å². The van der Waals surface area contributed by atoms with E-state index in [1.807, 2.05) is 12.1 Å². The Hall–Kier alpha value is -1.83.